The van der Waals surface area contributed by atoms with Gasteiger partial charge in [-0.05, 0) is 55.0 Å². The summed E-state index contributed by atoms with van der Waals surface area (Å²) in [5.74, 6) is 3.36. The Morgan fingerprint density at radius 3 is 2.63 bits per heavy atom. The topological polar surface area (TPSA) is 160 Å². The molecule has 3 aliphatic rings. The van der Waals surface area contributed by atoms with Gasteiger partial charge in [0.15, 0.2) is 17.9 Å². The average Bonchev–Trinajstić information content (AvgIpc) is 3.43. The summed E-state index contributed by atoms with van der Waals surface area (Å²) in [6.45, 7) is 13.4. The molecule has 0 bridgehead atoms. The van der Waals surface area contributed by atoms with E-state index in [-0.39, 0.29) is 45.2 Å². The average molecular weight is 665 g/mol. The Hall–Kier alpha value is -0.830. The minimum Gasteiger partial charge on any atom is -0.390 e. The van der Waals surface area contributed by atoms with Crippen LogP contribution in [-0.4, -0.2) is 108 Å². The van der Waals surface area contributed by atoms with Crippen molar-refractivity contribution in [3.05, 3.63) is 32.6 Å². The summed E-state index contributed by atoms with van der Waals surface area (Å²) in [5.41, 5.74) is -1.23. The first-order valence-electron chi connectivity index (χ1n) is 14.1. The van der Waals surface area contributed by atoms with Gasteiger partial charge in [0, 0.05) is 19.0 Å². The van der Waals surface area contributed by atoms with Crippen LogP contribution in [0.4, 0.5) is 0 Å². The van der Waals surface area contributed by atoms with Gasteiger partial charge in [-0.1, -0.05) is 20.1 Å². The van der Waals surface area contributed by atoms with Crippen molar-refractivity contribution in [1.29, 1.82) is 0 Å². The zero-order valence-corrected chi connectivity index (χ0v) is 28.4. The van der Waals surface area contributed by atoms with E-state index < -0.39 is 67.6 Å². The molecule has 3 N–H and O–H groups in total. The summed E-state index contributed by atoms with van der Waals surface area (Å²) >= 11 is 0. The van der Waals surface area contributed by atoms with E-state index in [1.54, 1.807) is 0 Å². The fourth-order valence-corrected chi connectivity index (χ4v) is 10.4. The van der Waals surface area contributed by atoms with Crippen molar-refractivity contribution in [2.45, 2.75) is 95.1 Å². The molecule has 0 spiro atoms. The molecule has 43 heavy (non-hydrogen) atoms. The first-order chi connectivity index (χ1) is 20.2. The largest absolute Gasteiger partial charge is 0.390 e. The number of ether oxygens (including phenoxy) is 6. The van der Waals surface area contributed by atoms with Crippen LogP contribution in [0.2, 0.25) is 0 Å². The van der Waals surface area contributed by atoms with E-state index in [1.165, 1.54) is 24.6 Å². The number of aromatic amines is 1. The second-order valence-electron chi connectivity index (χ2n) is 11.5. The maximum Gasteiger partial charge on any atom is 0.330 e. The first kappa shape index (κ1) is 35.0. The maximum atomic E-state index is 12.6. The van der Waals surface area contributed by atoms with Crippen molar-refractivity contribution in [3.8, 4) is 11.8 Å². The fraction of sp³-hybridized carbons (Fsp3) is 0.778. The van der Waals surface area contributed by atoms with Crippen LogP contribution in [0.5, 0.6) is 0 Å². The summed E-state index contributed by atoms with van der Waals surface area (Å²) in [7, 11) is 0.0448. The van der Waals surface area contributed by atoms with Gasteiger partial charge in [0.05, 0.1) is 33.3 Å². The zero-order chi connectivity index (χ0) is 31.5. The molecule has 10 atom stereocenters. The number of aliphatic hydroxyl groups is 2. The van der Waals surface area contributed by atoms with Gasteiger partial charge >= 0.3 is 5.69 Å². The van der Waals surface area contributed by atoms with Crippen LogP contribution in [0.15, 0.2) is 15.8 Å². The van der Waals surface area contributed by atoms with Gasteiger partial charge in [-0.3, -0.25) is 14.3 Å². The van der Waals surface area contributed by atoms with Crippen LogP contribution < -0.4 is 11.2 Å². The molecule has 4 heterocycles. The van der Waals surface area contributed by atoms with Crippen LogP contribution in [-0.2, 0) is 32.9 Å². The Balaban J connectivity index is 1.35. The molecule has 16 heteroatoms. The highest BCUT2D eigenvalue weighted by molar-refractivity contribution is 8.54. The molecule has 3 aliphatic heterocycles. The molecule has 4 rings (SSSR count). The number of nitrogens with one attached hydrogen (secondary N) is 1. The third-order valence-corrected chi connectivity index (χ3v) is 18.3. The molecule has 4 unspecified atom stereocenters. The summed E-state index contributed by atoms with van der Waals surface area (Å²) in [4.78, 5) is 27.3. The number of H-pyrrole nitrogens is 1. The van der Waals surface area contributed by atoms with Gasteiger partial charge in [-0.2, -0.15) is 0 Å². The fourth-order valence-electron chi connectivity index (χ4n) is 5.00. The normalized spacial score (nSPS) is 32.0. The highest BCUT2D eigenvalue weighted by atomic mass is 32.5. The Morgan fingerprint density at radius 1 is 1.19 bits per heavy atom. The first-order valence-corrected chi connectivity index (χ1v) is 20.6. The summed E-state index contributed by atoms with van der Waals surface area (Å²) < 4.78 is 42.5. The van der Waals surface area contributed by atoms with Crippen LogP contribution >= 0.6 is 23.4 Å². The monoisotopic (exact) mass is 664 g/mol. The van der Waals surface area contributed by atoms with Crippen molar-refractivity contribution < 1.29 is 43.2 Å². The zero-order valence-electron chi connectivity index (χ0n) is 25.6. The molecule has 1 aromatic heterocycles. The van der Waals surface area contributed by atoms with Crippen molar-refractivity contribution in [2.75, 3.05) is 39.8 Å². The smallest absolute Gasteiger partial charge is 0.330 e. The van der Waals surface area contributed by atoms with E-state index in [2.05, 4.69) is 36.8 Å². The number of hydrogen-bond donors (Lipinski definition) is 3. The number of fused-ring (bicyclic) bond motifs is 1. The third kappa shape index (κ3) is 9.59. The lowest BCUT2D eigenvalue weighted by molar-refractivity contribution is -0.315. The lowest BCUT2D eigenvalue weighted by Gasteiger charge is -2.38. The van der Waals surface area contributed by atoms with Gasteiger partial charge in [-0.15, -0.1) is 0 Å². The number of nitrogens with zero attached hydrogens (tertiary/aromatic N) is 1. The molecule has 1 aromatic rings. The summed E-state index contributed by atoms with van der Waals surface area (Å²) in [6, 6.07) is 0. The molecule has 3 fully saturated rings. The van der Waals surface area contributed by atoms with Gasteiger partial charge in [0.1, 0.15) is 36.7 Å². The van der Waals surface area contributed by atoms with Crippen molar-refractivity contribution >= 4 is 23.4 Å². The standard InChI is InChI=1S/C27H43N2O11P3/c1-26(2,33)39-22-12-18-23(40-27(3,4)38-18)20(37-22)14-34-10-8-9-16-13-29(25(32)28-24(16)31)21-11-17(30)19(36-21)15-35-42(6)43(7)41-5/h13,17-23,30,33,41H,10-12,14-15H2,1-7H3,(H,28,31,32)/t17-,18-,19-,20-,21-,22?,23-,42?,43?/m1/s1. The molecule has 13 nitrogen and oxygen atoms in total. The predicted molar refractivity (Wildman–Crippen MR) is 164 cm³/mol. The Morgan fingerprint density at radius 2 is 1.93 bits per heavy atom. The van der Waals surface area contributed by atoms with E-state index in [1.807, 2.05) is 13.8 Å². The van der Waals surface area contributed by atoms with Gasteiger partial charge in [0.2, 0.25) is 0 Å². The SMILES string of the molecule is CPP(C)P(C)OC[C@H]1O[C@@H](n2cc(C#CCOC[C@H]3OC(OC(C)(C)O)C[C@H]4OC(C)(C)O[C@@H]34)c(=O)[nH]c2=O)C[C@H]1O. The molecule has 242 valence electrons. The molecular formula is C27H43N2O11P3. The second-order valence-corrected chi connectivity index (χ2v) is 22.2. The van der Waals surface area contributed by atoms with Gasteiger partial charge < -0.3 is 43.2 Å². The number of hydrogen-bond acceptors (Lipinski definition) is 11. The number of aliphatic hydroxyl groups excluding tert-OH is 1. The van der Waals surface area contributed by atoms with E-state index >= 15 is 0 Å². The van der Waals surface area contributed by atoms with E-state index in [9.17, 15) is 19.8 Å². The summed E-state index contributed by atoms with van der Waals surface area (Å²) in [5, 5.41) is 20.6. The molecule has 0 radical (unpaired) electrons. The predicted octanol–water partition coefficient (Wildman–Crippen LogP) is 2.23. The lowest BCUT2D eigenvalue weighted by atomic mass is 10.0. The lowest BCUT2D eigenvalue weighted by Crippen LogP contribution is -2.51. The van der Waals surface area contributed by atoms with Gasteiger partial charge in [0.25, 0.3) is 5.56 Å². The Bertz CT molecular complexity index is 1270. The van der Waals surface area contributed by atoms with Crippen LogP contribution in [0, 0.1) is 11.8 Å². The molecular weight excluding hydrogens is 621 g/mol. The van der Waals surface area contributed by atoms with Crippen LogP contribution in [0.1, 0.15) is 52.3 Å². The highest BCUT2D eigenvalue weighted by Gasteiger charge is 2.51. The minimum absolute atomic E-state index is 0.0343. The van der Waals surface area contributed by atoms with Crippen LogP contribution in [0.25, 0.3) is 0 Å². The highest BCUT2D eigenvalue weighted by Crippen LogP contribution is 2.74. The summed E-state index contributed by atoms with van der Waals surface area (Å²) in [6.07, 6.45) is -2.20. The van der Waals surface area contributed by atoms with Gasteiger partial charge in [-0.25, -0.2) is 4.79 Å². The quantitative estimate of drug-likeness (QED) is 0.138. The molecule has 0 aliphatic carbocycles. The van der Waals surface area contributed by atoms with Crippen LogP contribution in [0.3, 0.4) is 0 Å². The van der Waals surface area contributed by atoms with Crippen molar-refractivity contribution in [3.63, 3.8) is 0 Å². The number of aromatic nitrogens is 2. The second kappa shape index (κ2) is 14.7. The Labute approximate surface area is 255 Å². The molecule has 3 saturated heterocycles. The third-order valence-electron chi connectivity index (χ3n) is 7.09. The molecule has 0 amide bonds. The number of rotatable bonds is 11. The van der Waals surface area contributed by atoms with Crippen molar-refractivity contribution in [2.24, 2.45) is 0 Å². The molecule has 0 saturated carbocycles. The maximum absolute atomic E-state index is 12.6. The molecule has 0 aromatic carbocycles. The van der Waals surface area contributed by atoms with E-state index in [0.29, 0.717) is 6.42 Å². The Kier molecular flexibility index (Phi) is 12.0. The van der Waals surface area contributed by atoms with Crippen molar-refractivity contribution in [1.82, 2.24) is 9.55 Å². The van der Waals surface area contributed by atoms with E-state index in [0.717, 1.165) is 8.27 Å². The minimum atomic E-state index is -1.39. The van der Waals surface area contributed by atoms with E-state index in [4.69, 9.17) is 32.9 Å².